The van der Waals surface area contributed by atoms with E-state index in [2.05, 4.69) is 5.32 Å². The lowest BCUT2D eigenvalue weighted by Crippen LogP contribution is -2.18. The molecule has 0 saturated carbocycles. The summed E-state index contributed by atoms with van der Waals surface area (Å²) in [6, 6.07) is 20.0. The first-order chi connectivity index (χ1) is 15.1. The lowest BCUT2D eigenvalue weighted by Gasteiger charge is -2.19. The van der Waals surface area contributed by atoms with Gasteiger partial charge in [-0.05, 0) is 30.7 Å². The number of amides is 1. The molecule has 0 atom stereocenters. The zero-order chi connectivity index (χ0) is 21.4. The third kappa shape index (κ3) is 3.53. The van der Waals surface area contributed by atoms with Crippen molar-refractivity contribution in [2.24, 2.45) is 0 Å². The van der Waals surface area contributed by atoms with Crippen LogP contribution in [0.1, 0.15) is 16.1 Å². The van der Waals surface area contributed by atoms with Gasteiger partial charge in [0.2, 0.25) is 5.76 Å². The van der Waals surface area contributed by atoms with Crippen LogP contribution in [0.5, 0.6) is 11.5 Å². The smallest absolute Gasteiger partial charge is 0.344 e. The summed E-state index contributed by atoms with van der Waals surface area (Å²) in [6.45, 7) is 2.92. The second-order valence-electron chi connectivity index (χ2n) is 7.32. The van der Waals surface area contributed by atoms with Gasteiger partial charge in [0.15, 0.2) is 11.5 Å². The van der Waals surface area contributed by atoms with Crippen LogP contribution >= 0.6 is 0 Å². The van der Waals surface area contributed by atoms with E-state index >= 15 is 0 Å². The lowest BCUT2D eigenvalue weighted by molar-refractivity contribution is 0.0994. The van der Waals surface area contributed by atoms with Gasteiger partial charge in [-0.2, -0.15) is 0 Å². The standard InChI is InChI=1S/C25H19NO5/c1-15-6-8-16(9-7-15)22-18-4-2-3-5-19(18)25(28)31-23(22)24(27)26-17-10-11-20-21(14-17)30-13-12-29-20/h2-11,14H,12-13H2,1H3,(H,26,27). The van der Waals surface area contributed by atoms with Gasteiger partial charge in [-0.15, -0.1) is 0 Å². The minimum Gasteiger partial charge on any atom is -0.486 e. The minimum absolute atomic E-state index is 0.0394. The van der Waals surface area contributed by atoms with E-state index in [1.165, 1.54) is 0 Å². The fraction of sp³-hybridized carbons (Fsp3) is 0.120. The molecule has 154 valence electrons. The first-order valence-corrected chi connectivity index (χ1v) is 9.94. The Morgan fingerprint density at radius 2 is 1.58 bits per heavy atom. The van der Waals surface area contributed by atoms with Gasteiger partial charge in [0, 0.05) is 22.7 Å². The van der Waals surface area contributed by atoms with Gasteiger partial charge in [0.1, 0.15) is 13.2 Å². The Bertz CT molecular complexity index is 1350. The van der Waals surface area contributed by atoms with E-state index in [1.54, 1.807) is 30.3 Å². The highest BCUT2D eigenvalue weighted by atomic mass is 16.6. The Morgan fingerprint density at radius 1 is 0.871 bits per heavy atom. The van der Waals surface area contributed by atoms with Gasteiger partial charge in [-0.25, -0.2) is 4.79 Å². The number of carbonyl (C=O) groups excluding carboxylic acids is 1. The summed E-state index contributed by atoms with van der Waals surface area (Å²) >= 11 is 0. The molecular weight excluding hydrogens is 394 g/mol. The van der Waals surface area contributed by atoms with Crippen LogP contribution in [0.15, 0.2) is 75.9 Å². The van der Waals surface area contributed by atoms with Crippen LogP contribution in [-0.2, 0) is 0 Å². The van der Waals surface area contributed by atoms with E-state index in [0.717, 1.165) is 11.1 Å². The van der Waals surface area contributed by atoms with Gasteiger partial charge in [-0.3, -0.25) is 4.79 Å². The van der Waals surface area contributed by atoms with Gasteiger partial charge in [0.25, 0.3) is 5.91 Å². The fourth-order valence-electron chi connectivity index (χ4n) is 3.68. The maximum atomic E-state index is 13.2. The van der Waals surface area contributed by atoms with Crippen molar-refractivity contribution in [2.75, 3.05) is 18.5 Å². The number of benzene rings is 3. The molecule has 31 heavy (non-hydrogen) atoms. The molecule has 1 aliphatic rings. The first-order valence-electron chi connectivity index (χ1n) is 9.94. The summed E-state index contributed by atoms with van der Waals surface area (Å²) in [5.41, 5.74) is 2.41. The Labute approximate surface area is 178 Å². The van der Waals surface area contributed by atoms with Crippen LogP contribution < -0.4 is 20.4 Å². The Hall–Kier alpha value is -4.06. The molecule has 3 aromatic carbocycles. The molecule has 1 aliphatic heterocycles. The van der Waals surface area contributed by atoms with Crippen LogP contribution in [-0.4, -0.2) is 19.1 Å². The third-order valence-corrected chi connectivity index (χ3v) is 5.18. The topological polar surface area (TPSA) is 77.8 Å². The van der Waals surface area contributed by atoms with E-state index in [4.69, 9.17) is 13.9 Å². The first kappa shape index (κ1) is 18.9. The quantitative estimate of drug-likeness (QED) is 0.522. The molecule has 5 rings (SSSR count). The normalized spacial score (nSPS) is 12.5. The molecule has 0 fully saturated rings. The molecule has 1 aromatic heterocycles. The molecular formula is C25H19NO5. The molecule has 0 radical (unpaired) electrons. The van der Waals surface area contributed by atoms with Crippen molar-refractivity contribution in [1.29, 1.82) is 0 Å². The molecule has 6 nitrogen and oxygen atoms in total. The molecule has 0 bridgehead atoms. The van der Waals surface area contributed by atoms with Crippen LogP contribution in [0, 0.1) is 6.92 Å². The Kier molecular flexibility index (Phi) is 4.67. The fourth-order valence-corrected chi connectivity index (χ4v) is 3.68. The van der Waals surface area contributed by atoms with Gasteiger partial charge in [0.05, 0.1) is 5.39 Å². The molecule has 1 N–H and O–H groups in total. The Balaban J connectivity index is 1.62. The number of hydrogen-bond donors (Lipinski definition) is 1. The van der Waals surface area contributed by atoms with Crippen LogP contribution in [0.25, 0.3) is 21.9 Å². The maximum absolute atomic E-state index is 13.2. The highest BCUT2D eigenvalue weighted by molar-refractivity contribution is 6.11. The van der Waals surface area contributed by atoms with E-state index in [0.29, 0.717) is 46.7 Å². The summed E-state index contributed by atoms with van der Waals surface area (Å²) in [5.74, 6) is 0.627. The van der Waals surface area contributed by atoms with Crippen molar-refractivity contribution in [3.05, 3.63) is 88.5 Å². The van der Waals surface area contributed by atoms with Crippen molar-refractivity contribution in [3.63, 3.8) is 0 Å². The molecule has 2 heterocycles. The summed E-state index contributed by atoms with van der Waals surface area (Å²) in [5, 5.41) is 3.90. The van der Waals surface area contributed by atoms with Gasteiger partial charge >= 0.3 is 5.63 Å². The zero-order valence-corrected chi connectivity index (χ0v) is 16.8. The average molecular weight is 413 g/mol. The number of fused-ring (bicyclic) bond motifs is 2. The maximum Gasteiger partial charge on any atom is 0.344 e. The van der Waals surface area contributed by atoms with E-state index in [9.17, 15) is 9.59 Å². The summed E-state index contributed by atoms with van der Waals surface area (Å²) in [4.78, 5) is 25.8. The molecule has 1 amide bonds. The summed E-state index contributed by atoms with van der Waals surface area (Å²) in [6.07, 6.45) is 0. The van der Waals surface area contributed by atoms with Crippen molar-refractivity contribution in [2.45, 2.75) is 6.92 Å². The predicted octanol–water partition coefficient (Wildman–Crippen LogP) is 4.79. The van der Waals surface area contributed by atoms with E-state index < -0.39 is 11.5 Å². The number of ether oxygens (including phenoxy) is 2. The van der Waals surface area contributed by atoms with Gasteiger partial charge < -0.3 is 19.2 Å². The largest absolute Gasteiger partial charge is 0.486 e. The zero-order valence-electron chi connectivity index (χ0n) is 16.8. The van der Waals surface area contributed by atoms with Gasteiger partial charge in [-0.1, -0.05) is 48.0 Å². The van der Waals surface area contributed by atoms with Crippen LogP contribution in [0.4, 0.5) is 5.69 Å². The third-order valence-electron chi connectivity index (χ3n) is 5.18. The SMILES string of the molecule is Cc1ccc(-c2c(C(=O)Nc3ccc4c(c3)OCCO4)oc(=O)c3ccccc23)cc1. The summed E-state index contributed by atoms with van der Waals surface area (Å²) in [7, 11) is 0. The van der Waals surface area contributed by atoms with E-state index in [1.807, 2.05) is 43.3 Å². The second kappa shape index (κ2) is 7.65. The Morgan fingerprint density at radius 3 is 2.35 bits per heavy atom. The lowest BCUT2D eigenvalue weighted by atomic mass is 9.97. The molecule has 6 heteroatoms. The molecule has 0 aliphatic carbocycles. The number of hydrogen-bond acceptors (Lipinski definition) is 5. The van der Waals surface area contributed by atoms with Crippen LogP contribution in [0.2, 0.25) is 0 Å². The highest BCUT2D eigenvalue weighted by Gasteiger charge is 2.22. The van der Waals surface area contributed by atoms with Crippen molar-refractivity contribution in [3.8, 4) is 22.6 Å². The number of carbonyl (C=O) groups is 1. The molecule has 4 aromatic rings. The highest BCUT2D eigenvalue weighted by Crippen LogP contribution is 2.34. The molecule has 0 saturated heterocycles. The predicted molar refractivity (Wildman–Crippen MR) is 118 cm³/mol. The van der Waals surface area contributed by atoms with Crippen molar-refractivity contribution in [1.82, 2.24) is 0 Å². The number of rotatable bonds is 3. The summed E-state index contributed by atoms with van der Waals surface area (Å²) < 4.78 is 16.6. The molecule has 0 unspecified atom stereocenters. The van der Waals surface area contributed by atoms with Crippen molar-refractivity contribution >= 4 is 22.4 Å². The number of aryl methyl sites for hydroxylation is 1. The van der Waals surface area contributed by atoms with Crippen LogP contribution in [0.3, 0.4) is 0 Å². The van der Waals surface area contributed by atoms with Crippen molar-refractivity contribution < 1.29 is 18.7 Å². The number of anilines is 1. The molecule has 0 spiro atoms. The number of nitrogens with one attached hydrogen (secondary N) is 1. The van der Waals surface area contributed by atoms with E-state index in [-0.39, 0.29) is 5.76 Å². The average Bonchev–Trinajstić information content (AvgIpc) is 2.80. The monoisotopic (exact) mass is 413 g/mol. The minimum atomic E-state index is -0.557. The second-order valence-corrected chi connectivity index (χ2v) is 7.32.